The molecule has 1 aromatic heterocycles. The Morgan fingerprint density at radius 3 is 2.80 bits per heavy atom. The van der Waals surface area contributed by atoms with Gasteiger partial charge in [-0.2, -0.15) is 0 Å². The molecule has 1 saturated heterocycles. The van der Waals surface area contributed by atoms with Gasteiger partial charge in [-0.15, -0.1) is 0 Å². The second-order valence-corrected chi connectivity index (χ2v) is 6.75. The van der Waals surface area contributed by atoms with Crippen molar-refractivity contribution in [3.05, 3.63) is 18.3 Å². The van der Waals surface area contributed by atoms with Gasteiger partial charge in [0.15, 0.2) is 0 Å². The number of hydrogen-bond donors (Lipinski definition) is 2. The van der Waals surface area contributed by atoms with Crippen LogP contribution >= 0.6 is 0 Å². The summed E-state index contributed by atoms with van der Waals surface area (Å²) in [5, 5.41) is 8.19. The summed E-state index contributed by atoms with van der Waals surface area (Å²) in [5.41, 5.74) is 0. The number of primary sulfonamides is 1. The topological polar surface area (TPSA) is 105 Å². The number of carbonyl (C=O) groups excluding carboxylic acids is 1. The van der Waals surface area contributed by atoms with Gasteiger partial charge in [0.05, 0.1) is 6.04 Å². The molecule has 0 spiro atoms. The molecule has 2 heterocycles. The fraction of sp³-hybridized carbons (Fsp3) is 0.500. The highest BCUT2D eigenvalue weighted by molar-refractivity contribution is 7.89. The lowest BCUT2D eigenvalue weighted by atomic mass is 10.2. The van der Waals surface area contributed by atoms with E-state index in [2.05, 4.69) is 10.3 Å². The lowest BCUT2D eigenvalue weighted by Gasteiger charge is -2.17. The molecule has 1 atom stereocenters. The summed E-state index contributed by atoms with van der Waals surface area (Å²) in [4.78, 5) is 17.7. The third-order valence-corrected chi connectivity index (χ3v) is 4.51. The molecule has 0 aromatic carbocycles. The van der Waals surface area contributed by atoms with E-state index >= 15 is 0 Å². The number of aromatic nitrogens is 1. The molecule has 1 amide bonds. The molecule has 1 saturated carbocycles. The molecule has 1 unspecified atom stereocenters. The van der Waals surface area contributed by atoms with Crippen LogP contribution in [0.25, 0.3) is 0 Å². The van der Waals surface area contributed by atoms with Crippen LogP contribution in [0.15, 0.2) is 23.2 Å². The van der Waals surface area contributed by atoms with Crippen LogP contribution in [0.5, 0.6) is 0 Å². The number of carbonyl (C=O) groups is 1. The Morgan fingerprint density at radius 2 is 2.15 bits per heavy atom. The van der Waals surface area contributed by atoms with Crippen LogP contribution in [0.2, 0.25) is 0 Å². The van der Waals surface area contributed by atoms with Gasteiger partial charge in [0.2, 0.25) is 15.9 Å². The first kappa shape index (κ1) is 13.3. The normalized spacial score (nSPS) is 23.1. The van der Waals surface area contributed by atoms with Crippen molar-refractivity contribution in [2.75, 3.05) is 11.9 Å². The maximum Gasteiger partial charge on any atom is 0.241 e. The highest BCUT2D eigenvalue weighted by atomic mass is 32.2. The maximum atomic E-state index is 11.9. The Bertz CT molecular complexity index is 642. The van der Waals surface area contributed by atoms with E-state index in [0.717, 1.165) is 12.8 Å². The number of nitrogens with two attached hydrogens (primary N) is 1. The minimum absolute atomic E-state index is 0.0441. The quantitative estimate of drug-likeness (QED) is 0.807. The number of sulfonamides is 1. The molecule has 8 heteroatoms. The summed E-state index contributed by atoms with van der Waals surface area (Å²) >= 11 is 0. The first-order valence-corrected chi connectivity index (χ1v) is 8.03. The zero-order valence-corrected chi connectivity index (χ0v) is 11.6. The molecule has 2 aliphatic rings. The average molecular weight is 296 g/mol. The van der Waals surface area contributed by atoms with Gasteiger partial charge in [-0.25, -0.2) is 18.5 Å². The first-order valence-electron chi connectivity index (χ1n) is 6.49. The van der Waals surface area contributed by atoms with Crippen molar-refractivity contribution in [1.82, 2.24) is 9.88 Å². The van der Waals surface area contributed by atoms with Crippen molar-refractivity contribution in [2.24, 2.45) is 5.14 Å². The first-order chi connectivity index (χ1) is 9.45. The predicted molar refractivity (Wildman–Crippen MR) is 72.4 cm³/mol. The highest BCUT2D eigenvalue weighted by Gasteiger charge is 2.39. The molecule has 7 nitrogen and oxygen atoms in total. The SMILES string of the molecule is NS(=O)(=O)c1cccnc1NC1CC(=O)N(C2CC2)C1. The summed E-state index contributed by atoms with van der Waals surface area (Å²) in [6, 6.07) is 3.16. The largest absolute Gasteiger partial charge is 0.364 e. The summed E-state index contributed by atoms with van der Waals surface area (Å²) in [6.07, 6.45) is 3.97. The third-order valence-electron chi connectivity index (χ3n) is 3.56. The molecular formula is C12H16N4O3S. The molecule has 2 fully saturated rings. The lowest BCUT2D eigenvalue weighted by Crippen LogP contribution is -2.30. The minimum atomic E-state index is -3.83. The van der Waals surface area contributed by atoms with E-state index in [1.165, 1.54) is 18.3 Å². The van der Waals surface area contributed by atoms with Crippen molar-refractivity contribution >= 4 is 21.7 Å². The van der Waals surface area contributed by atoms with Crippen LogP contribution < -0.4 is 10.5 Å². The van der Waals surface area contributed by atoms with Gasteiger partial charge in [0.1, 0.15) is 10.7 Å². The van der Waals surface area contributed by atoms with Gasteiger partial charge in [-0.1, -0.05) is 0 Å². The second-order valence-electron chi connectivity index (χ2n) is 5.22. The predicted octanol–water partition coefficient (Wildman–Crippen LogP) is -0.0958. The maximum absolute atomic E-state index is 11.9. The Morgan fingerprint density at radius 1 is 1.40 bits per heavy atom. The van der Waals surface area contributed by atoms with E-state index in [0.29, 0.717) is 19.0 Å². The monoisotopic (exact) mass is 296 g/mol. The van der Waals surface area contributed by atoms with Gasteiger partial charge in [0.25, 0.3) is 0 Å². The van der Waals surface area contributed by atoms with Gasteiger partial charge in [-0.3, -0.25) is 4.79 Å². The van der Waals surface area contributed by atoms with Crippen molar-refractivity contribution in [1.29, 1.82) is 0 Å². The van der Waals surface area contributed by atoms with Crippen LogP contribution in [0.1, 0.15) is 19.3 Å². The standard InChI is InChI=1S/C12H16N4O3S/c13-20(18,19)10-2-1-5-14-12(10)15-8-6-11(17)16(7-8)9-3-4-9/h1-2,5,8-9H,3-4,6-7H2,(H,14,15)(H2,13,18,19). The van der Waals surface area contributed by atoms with Gasteiger partial charge in [-0.05, 0) is 25.0 Å². The molecule has 1 aliphatic heterocycles. The van der Waals surface area contributed by atoms with E-state index in [1.807, 2.05) is 4.90 Å². The van der Waals surface area contributed by atoms with Crippen molar-refractivity contribution in [3.63, 3.8) is 0 Å². The van der Waals surface area contributed by atoms with Crippen LogP contribution in [0, 0.1) is 0 Å². The third kappa shape index (κ3) is 2.61. The Kier molecular flexibility index (Phi) is 3.14. The molecule has 1 aliphatic carbocycles. The zero-order valence-electron chi connectivity index (χ0n) is 10.8. The lowest BCUT2D eigenvalue weighted by molar-refractivity contribution is -0.128. The second kappa shape index (κ2) is 4.71. The molecule has 3 N–H and O–H groups in total. The molecule has 1 aromatic rings. The number of nitrogens with one attached hydrogen (secondary N) is 1. The fourth-order valence-corrected chi connectivity index (χ4v) is 3.14. The molecular weight excluding hydrogens is 280 g/mol. The molecule has 20 heavy (non-hydrogen) atoms. The fourth-order valence-electron chi connectivity index (χ4n) is 2.49. The van der Waals surface area contributed by atoms with Crippen molar-refractivity contribution in [2.45, 2.75) is 36.2 Å². The highest BCUT2D eigenvalue weighted by Crippen LogP contribution is 2.31. The van der Waals surface area contributed by atoms with Gasteiger partial charge in [0, 0.05) is 25.2 Å². The number of pyridine rings is 1. The zero-order chi connectivity index (χ0) is 14.3. The number of rotatable bonds is 4. The number of anilines is 1. The van der Waals surface area contributed by atoms with Crippen molar-refractivity contribution in [3.8, 4) is 0 Å². The average Bonchev–Trinajstić information content (AvgIpc) is 3.14. The molecule has 0 radical (unpaired) electrons. The van der Waals surface area contributed by atoms with Crippen molar-refractivity contribution < 1.29 is 13.2 Å². The summed E-state index contributed by atoms with van der Waals surface area (Å²) in [6.45, 7) is 0.587. The van der Waals surface area contributed by atoms with Crippen LogP contribution in [-0.4, -0.2) is 42.8 Å². The van der Waals surface area contributed by atoms with E-state index in [9.17, 15) is 13.2 Å². The summed E-state index contributed by atoms with van der Waals surface area (Å²) in [7, 11) is -3.83. The van der Waals surface area contributed by atoms with E-state index in [-0.39, 0.29) is 22.7 Å². The van der Waals surface area contributed by atoms with E-state index < -0.39 is 10.0 Å². The number of likely N-dealkylation sites (tertiary alicyclic amines) is 1. The molecule has 108 valence electrons. The van der Waals surface area contributed by atoms with Crippen LogP contribution in [0.4, 0.5) is 5.82 Å². The smallest absolute Gasteiger partial charge is 0.241 e. The van der Waals surface area contributed by atoms with E-state index in [4.69, 9.17) is 5.14 Å². The molecule has 3 rings (SSSR count). The van der Waals surface area contributed by atoms with Crippen LogP contribution in [-0.2, 0) is 14.8 Å². The number of amides is 1. The van der Waals surface area contributed by atoms with Gasteiger partial charge >= 0.3 is 0 Å². The summed E-state index contributed by atoms with van der Waals surface area (Å²) < 4.78 is 23.0. The summed E-state index contributed by atoms with van der Waals surface area (Å²) in [5.74, 6) is 0.323. The van der Waals surface area contributed by atoms with Crippen LogP contribution in [0.3, 0.4) is 0 Å². The Labute approximate surface area is 117 Å². The minimum Gasteiger partial charge on any atom is -0.364 e. The number of nitrogens with zero attached hydrogens (tertiary/aromatic N) is 2. The Hall–Kier alpha value is -1.67. The van der Waals surface area contributed by atoms with E-state index in [1.54, 1.807) is 0 Å². The molecule has 0 bridgehead atoms. The number of hydrogen-bond acceptors (Lipinski definition) is 5. The Balaban J connectivity index is 1.77. The van der Waals surface area contributed by atoms with Gasteiger partial charge < -0.3 is 10.2 Å².